The minimum absolute atomic E-state index is 0.0634. The van der Waals surface area contributed by atoms with Crippen molar-refractivity contribution in [3.05, 3.63) is 156 Å². The molecule has 234 valence electrons. The van der Waals surface area contributed by atoms with Crippen LogP contribution in [0.25, 0.3) is 76.8 Å². The first-order valence-electron chi connectivity index (χ1n) is 17.6. The highest BCUT2D eigenvalue weighted by atomic mass is 28.3. The van der Waals surface area contributed by atoms with Gasteiger partial charge in [-0.1, -0.05) is 160 Å². The van der Waals surface area contributed by atoms with Crippen LogP contribution < -0.4 is 10.4 Å². The Bertz CT molecular complexity index is 2720. The fourth-order valence-electron chi connectivity index (χ4n) is 9.44. The largest absolute Gasteiger partial charge is 0.113 e. The highest BCUT2D eigenvalue weighted by Gasteiger charge is 2.39. The predicted octanol–water partition coefficient (Wildman–Crippen LogP) is 11.9. The van der Waals surface area contributed by atoms with Crippen LogP contribution in [0, 0.1) is 6.92 Å². The molecule has 8 aromatic rings. The van der Waals surface area contributed by atoms with Crippen molar-refractivity contribution in [2.24, 2.45) is 0 Å². The second-order valence-corrected chi connectivity index (χ2v) is 19.7. The summed E-state index contributed by atoms with van der Waals surface area (Å²) in [5, 5.41) is 11.0. The Hall–Kier alpha value is -5.24. The normalized spacial score (nSPS) is 15.0. The van der Waals surface area contributed by atoms with Gasteiger partial charge in [0.05, 0.1) is 0 Å². The fourth-order valence-corrected chi connectivity index (χ4v) is 12.5. The molecule has 0 saturated carbocycles. The van der Waals surface area contributed by atoms with Crippen LogP contribution in [0.2, 0.25) is 13.1 Å². The molecule has 8 aromatic carbocycles. The lowest BCUT2D eigenvalue weighted by Crippen LogP contribution is -2.49. The van der Waals surface area contributed by atoms with Gasteiger partial charge >= 0.3 is 0 Å². The topological polar surface area (TPSA) is 0 Å². The van der Waals surface area contributed by atoms with Crippen LogP contribution in [0.3, 0.4) is 0 Å². The zero-order valence-corrected chi connectivity index (χ0v) is 29.8. The van der Waals surface area contributed by atoms with Crippen molar-refractivity contribution in [2.75, 3.05) is 0 Å². The van der Waals surface area contributed by atoms with E-state index in [1.54, 1.807) is 10.4 Å². The molecule has 0 spiro atoms. The summed E-state index contributed by atoms with van der Waals surface area (Å²) in [4.78, 5) is 0. The van der Waals surface area contributed by atoms with Crippen LogP contribution in [0.4, 0.5) is 0 Å². The summed E-state index contributed by atoms with van der Waals surface area (Å²) in [6.45, 7) is 12.1. The van der Waals surface area contributed by atoms with Gasteiger partial charge in [-0.15, -0.1) is 0 Å². The molecule has 0 saturated heterocycles. The first kappa shape index (κ1) is 28.7. The Kier molecular flexibility index (Phi) is 5.81. The van der Waals surface area contributed by atoms with Crippen molar-refractivity contribution >= 4 is 50.8 Å². The Morgan fingerprint density at radius 1 is 0.429 bits per heavy atom. The molecule has 1 aliphatic carbocycles. The minimum Gasteiger partial charge on any atom is -0.0619 e. The van der Waals surface area contributed by atoms with Gasteiger partial charge in [0.15, 0.2) is 0 Å². The Balaban J connectivity index is 1.37. The number of fused-ring (bicyclic) bond motifs is 9. The molecule has 1 aliphatic heterocycles. The molecule has 0 N–H and O–H groups in total. The zero-order chi connectivity index (χ0) is 33.2. The highest BCUT2D eigenvalue weighted by Crippen LogP contribution is 2.52. The van der Waals surface area contributed by atoms with Gasteiger partial charge in [0, 0.05) is 5.41 Å². The third-order valence-electron chi connectivity index (χ3n) is 11.9. The maximum Gasteiger partial charge on any atom is 0.113 e. The number of aryl methyl sites for hydroxylation is 1. The second-order valence-electron chi connectivity index (χ2n) is 15.4. The third kappa shape index (κ3) is 3.85. The smallest absolute Gasteiger partial charge is 0.0619 e. The van der Waals surface area contributed by atoms with Gasteiger partial charge in [-0.3, -0.25) is 0 Å². The monoisotopic (exact) mass is 642 g/mol. The third-order valence-corrected chi connectivity index (χ3v) is 15.4. The molecule has 0 fully saturated rings. The van der Waals surface area contributed by atoms with Crippen molar-refractivity contribution in [1.82, 2.24) is 0 Å². The van der Waals surface area contributed by atoms with Crippen molar-refractivity contribution in [2.45, 2.75) is 39.3 Å². The van der Waals surface area contributed by atoms with E-state index in [0.717, 1.165) is 0 Å². The number of rotatable bonds is 2. The van der Waals surface area contributed by atoms with Gasteiger partial charge in [0.1, 0.15) is 8.07 Å². The molecule has 10 rings (SSSR count). The van der Waals surface area contributed by atoms with Crippen LogP contribution in [-0.4, -0.2) is 8.07 Å². The molecular weight excluding hydrogens is 605 g/mol. The van der Waals surface area contributed by atoms with Crippen molar-refractivity contribution in [3.8, 4) is 44.5 Å². The maximum absolute atomic E-state index is 2.62. The molecule has 0 nitrogen and oxygen atoms in total. The van der Waals surface area contributed by atoms with E-state index in [4.69, 9.17) is 0 Å². The van der Waals surface area contributed by atoms with Crippen molar-refractivity contribution in [3.63, 3.8) is 0 Å². The maximum atomic E-state index is 2.62. The zero-order valence-electron chi connectivity index (χ0n) is 28.8. The molecule has 49 heavy (non-hydrogen) atoms. The summed E-state index contributed by atoms with van der Waals surface area (Å²) >= 11 is 0. The summed E-state index contributed by atoms with van der Waals surface area (Å²) in [6.07, 6.45) is 0. The van der Waals surface area contributed by atoms with E-state index in [9.17, 15) is 0 Å². The van der Waals surface area contributed by atoms with Crippen LogP contribution in [0.15, 0.2) is 140 Å². The van der Waals surface area contributed by atoms with Gasteiger partial charge < -0.3 is 0 Å². The SMILES string of the molecule is Cc1ccc2c(c1)-c1cc3c(-c4cccc5ccccc45)c4ccccc4c(-c4ccc5c(c4)C(C)(C)c4ccccc4-5)c3cc1[Si]2(C)C. The lowest BCUT2D eigenvalue weighted by atomic mass is 9.80. The van der Waals surface area contributed by atoms with Gasteiger partial charge in [0.2, 0.25) is 0 Å². The quantitative estimate of drug-likeness (QED) is 0.130. The van der Waals surface area contributed by atoms with Crippen LogP contribution in [0.5, 0.6) is 0 Å². The first-order valence-corrected chi connectivity index (χ1v) is 20.6. The van der Waals surface area contributed by atoms with Crippen LogP contribution in [-0.2, 0) is 5.41 Å². The molecule has 0 atom stereocenters. The molecule has 0 unspecified atom stereocenters. The summed E-state index contributed by atoms with van der Waals surface area (Å²) in [7, 11) is -1.94. The number of hydrogen-bond donors (Lipinski definition) is 0. The Labute approximate surface area is 289 Å². The predicted molar refractivity (Wildman–Crippen MR) is 214 cm³/mol. The lowest BCUT2D eigenvalue weighted by molar-refractivity contribution is 0.660. The standard InChI is InChI=1S/C48H38Si/c1-29-21-24-44-38(25-29)39-27-40-41(28-45(39)49(44,4)5)46(31-22-23-34-33-16-10-11-20-42(33)48(2,3)43(34)26-31)36-17-8-9-18-37(36)47(40)35-19-12-14-30-13-6-7-15-32(30)35/h6-28H,1-5H3. The lowest BCUT2D eigenvalue weighted by Gasteiger charge is -2.24. The van der Waals surface area contributed by atoms with E-state index in [-0.39, 0.29) is 5.41 Å². The fraction of sp³-hybridized carbons (Fsp3) is 0.125. The van der Waals surface area contributed by atoms with E-state index in [0.29, 0.717) is 0 Å². The molecular formula is C48H38Si. The average molecular weight is 643 g/mol. The Morgan fingerprint density at radius 2 is 1.06 bits per heavy atom. The average Bonchev–Trinajstić information content (AvgIpc) is 3.48. The summed E-state index contributed by atoms with van der Waals surface area (Å²) in [5.41, 5.74) is 15.0. The van der Waals surface area contributed by atoms with E-state index in [1.807, 2.05) is 0 Å². The molecule has 1 heterocycles. The van der Waals surface area contributed by atoms with Gasteiger partial charge in [0.25, 0.3) is 0 Å². The second kappa shape index (κ2) is 9.90. The van der Waals surface area contributed by atoms with Crippen molar-refractivity contribution in [1.29, 1.82) is 0 Å². The van der Waals surface area contributed by atoms with Crippen molar-refractivity contribution < 1.29 is 0 Å². The van der Waals surface area contributed by atoms with Gasteiger partial charge in [-0.05, 0) is 117 Å². The van der Waals surface area contributed by atoms with Crippen LogP contribution in [0.1, 0.15) is 30.5 Å². The number of hydrogen-bond acceptors (Lipinski definition) is 0. The molecule has 2 aliphatic rings. The van der Waals surface area contributed by atoms with Gasteiger partial charge in [-0.2, -0.15) is 0 Å². The van der Waals surface area contributed by atoms with Gasteiger partial charge in [-0.25, -0.2) is 0 Å². The molecule has 1 heteroatoms. The Morgan fingerprint density at radius 3 is 1.90 bits per heavy atom. The summed E-state index contributed by atoms with van der Waals surface area (Å²) in [5.74, 6) is 0. The summed E-state index contributed by atoms with van der Waals surface area (Å²) < 4.78 is 0. The van der Waals surface area contributed by atoms with E-state index in [1.165, 1.54) is 93.5 Å². The van der Waals surface area contributed by atoms with E-state index < -0.39 is 8.07 Å². The highest BCUT2D eigenvalue weighted by molar-refractivity contribution is 7.04. The minimum atomic E-state index is -1.94. The molecule has 0 aromatic heterocycles. The molecule has 0 amide bonds. The van der Waals surface area contributed by atoms with Crippen LogP contribution >= 0.6 is 0 Å². The first-order chi connectivity index (χ1) is 23.7. The molecule has 0 bridgehead atoms. The van der Waals surface area contributed by atoms with E-state index in [2.05, 4.69) is 173 Å². The number of benzene rings is 8. The summed E-state index contributed by atoms with van der Waals surface area (Å²) in [6, 6.07) is 53.5. The molecule has 0 radical (unpaired) electrons. The van der Waals surface area contributed by atoms with E-state index >= 15 is 0 Å².